The van der Waals surface area contributed by atoms with Crippen molar-refractivity contribution in [3.63, 3.8) is 0 Å². The fourth-order valence-corrected chi connectivity index (χ4v) is 2.63. The molecular weight excluding hydrogens is 387 g/mol. The molecule has 30 heavy (non-hydrogen) atoms. The number of benzene rings is 1. The van der Waals surface area contributed by atoms with E-state index in [1.54, 1.807) is 19.1 Å². The number of carbonyl (C=O) groups excluding carboxylic acids is 2. The summed E-state index contributed by atoms with van der Waals surface area (Å²) in [6.45, 7) is 1.62. The van der Waals surface area contributed by atoms with E-state index in [0.29, 0.717) is 11.3 Å². The second kappa shape index (κ2) is 9.17. The zero-order valence-electron chi connectivity index (χ0n) is 16.7. The molecule has 0 atom stereocenters. The van der Waals surface area contributed by atoms with Crippen LogP contribution < -0.4 is 21.3 Å². The fraction of sp³-hybridized carbons (Fsp3) is 0.238. The highest BCUT2D eigenvalue weighted by Crippen LogP contribution is 2.20. The summed E-state index contributed by atoms with van der Waals surface area (Å²) in [5.74, 6) is -1.10. The lowest BCUT2D eigenvalue weighted by Gasteiger charge is -2.17. The molecule has 1 aromatic heterocycles. The van der Waals surface area contributed by atoms with E-state index in [1.807, 2.05) is 18.2 Å². The maximum absolute atomic E-state index is 14.5. The highest BCUT2D eigenvalue weighted by atomic mass is 19.1. The molecule has 0 unspecified atom stereocenters. The minimum absolute atomic E-state index is 0.0506. The first-order chi connectivity index (χ1) is 14.4. The van der Waals surface area contributed by atoms with Gasteiger partial charge in [0.05, 0.1) is 5.71 Å². The molecule has 156 valence electrons. The summed E-state index contributed by atoms with van der Waals surface area (Å²) in [7, 11) is 1.47. The van der Waals surface area contributed by atoms with Gasteiger partial charge in [-0.25, -0.2) is 14.2 Å². The van der Waals surface area contributed by atoms with E-state index < -0.39 is 17.8 Å². The Hall–Kier alpha value is -3.75. The lowest BCUT2D eigenvalue weighted by atomic mass is 10.0. The van der Waals surface area contributed by atoms with Gasteiger partial charge in [-0.1, -0.05) is 18.2 Å². The number of aromatic nitrogens is 1. The molecule has 1 heterocycles. The van der Waals surface area contributed by atoms with Crippen molar-refractivity contribution in [1.82, 2.24) is 20.9 Å². The number of hydrogen-bond donors (Lipinski definition) is 5. The summed E-state index contributed by atoms with van der Waals surface area (Å²) >= 11 is 0. The Balaban J connectivity index is 1.86. The third-order valence-corrected chi connectivity index (χ3v) is 4.52. The van der Waals surface area contributed by atoms with Crippen molar-refractivity contribution < 1.29 is 14.0 Å². The van der Waals surface area contributed by atoms with Crippen LogP contribution in [0.3, 0.4) is 0 Å². The van der Waals surface area contributed by atoms with Crippen LogP contribution in [-0.2, 0) is 0 Å². The predicted octanol–water partition coefficient (Wildman–Crippen LogP) is 2.75. The zero-order chi connectivity index (χ0) is 21.7. The maximum atomic E-state index is 14.5. The molecule has 1 saturated carbocycles. The van der Waals surface area contributed by atoms with Crippen molar-refractivity contribution >= 4 is 23.3 Å². The first kappa shape index (κ1) is 21.0. The van der Waals surface area contributed by atoms with Crippen molar-refractivity contribution in [2.24, 2.45) is 0 Å². The van der Waals surface area contributed by atoms with Crippen molar-refractivity contribution in [2.45, 2.75) is 25.8 Å². The van der Waals surface area contributed by atoms with Gasteiger partial charge in [0.1, 0.15) is 5.82 Å². The third kappa shape index (κ3) is 5.19. The Morgan fingerprint density at radius 1 is 1.20 bits per heavy atom. The number of hydrogen-bond acceptors (Lipinski definition) is 5. The monoisotopic (exact) mass is 410 g/mol. The normalized spacial score (nSPS) is 13.7. The number of allylic oxidation sites excluding steroid dienone is 1. The SMILES string of the molecule is CNC(=O)N/C(Nc1ccccc1)=C(\C)C(=N)c1cnc(C(=O)NC2CC2)c(F)c1. The molecule has 0 saturated heterocycles. The van der Waals surface area contributed by atoms with Crippen molar-refractivity contribution in [1.29, 1.82) is 5.41 Å². The molecule has 2 aromatic rings. The van der Waals surface area contributed by atoms with Crippen molar-refractivity contribution in [3.05, 3.63) is 71.1 Å². The quantitative estimate of drug-likeness (QED) is 0.451. The zero-order valence-corrected chi connectivity index (χ0v) is 16.7. The van der Waals surface area contributed by atoms with Crippen LogP contribution in [0.25, 0.3) is 0 Å². The molecule has 1 aliphatic rings. The smallest absolute Gasteiger partial charge is 0.320 e. The first-order valence-electron chi connectivity index (χ1n) is 9.46. The first-order valence-corrected chi connectivity index (χ1v) is 9.46. The molecule has 1 aromatic carbocycles. The fourth-order valence-electron chi connectivity index (χ4n) is 2.63. The molecule has 0 aliphatic heterocycles. The van der Waals surface area contributed by atoms with Gasteiger partial charge < -0.3 is 16.0 Å². The second-order valence-electron chi connectivity index (χ2n) is 6.87. The van der Waals surface area contributed by atoms with E-state index in [9.17, 15) is 14.0 Å². The number of carbonyl (C=O) groups is 2. The second-order valence-corrected chi connectivity index (χ2v) is 6.87. The van der Waals surface area contributed by atoms with Crippen LogP contribution in [0, 0.1) is 11.2 Å². The van der Waals surface area contributed by atoms with Gasteiger partial charge in [0.2, 0.25) is 0 Å². The molecule has 8 nitrogen and oxygen atoms in total. The van der Waals surface area contributed by atoms with Crippen molar-refractivity contribution in [2.75, 3.05) is 12.4 Å². The molecule has 9 heteroatoms. The summed E-state index contributed by atoms with van der Waals surface area (Å²) in [6.07, 6.45) is 3.04. The largest absolute Gasteiger partial charge is 0.348 e. The van der Waals surface area contributed by atoms with Gasteiger partial charge in [-0.15, -0.1) is 0 Å². The summed E-state index contributed by atoms with van der Waals surface area (Å²) in [4.78, 5) is 27.8. The predicted molar refractivity (Wildman–Crippen MR) is 112 cm³/mol. The Morgan fingerprint density at radius 2 is 1.90 bits per heavy atom. The minimum Gasteiger partial charge on any atom is -0.348 e. The third-order valence-electron chi connectivity index (χ3n) is 4.52. The average molecular weight is 410 g/mol. The molecule has 0 radical (unpaired) electrons. The van der Waals surface area contributed by atoms with Gasteiger partial charge in [0, 0.05) is 36.1 Å². The number of urea groups is 1. The topological polar surface area (TPSA) is 119 Å². The Bertz CT molecular complexity index is 1000. The van der Waals surface area contributed by atoms with Crippen LogP contribution in [0.4, 0.5) is 14.9 Å². The van der Waals surface area contributed by atoms with Crippen LogP contribution in [0.5, 0.6) is 0 Å². The van der Waals surface area contributed by atoms with E-state index in [4.69, 9.17) is 5.41 Å². The highest BCUT2D eigenvalue weighted by Gasteiger charge is 2.26. The van der Waals surface area contributed by atoms with Crippen molar-refractivity contribution in [3.8, 4) is 0 Å². The number of halogens is 1. The van der Waals surface area contributed by atoms with E-state index >= 15 is 0 Å². The Morgan fingerprint density at radius 3 is 2.50 bits per heavy atom. The van der Waals surface area contributed by atoms with Gasteiger partial charge in [-0.3, -0.25) is 15.5 Å². The van der Waals surface area contributed by atoms with E-state index in [0.717, 1.165) is 18.9 Å². The maximum Gasteiger partial charge on any atom is 0.320 e. The lowest BCUT2D eigenvalue weighted by molar-refractivity contribution is 0.0941. The van der Waals surface area contributed by atoms with Gasteiger partial charge in [0.15, 0.2) is 11.5 Å². The molecule has 1 fully saturated rings. The number of anilines is 1. The van der Waals surface area contributed by atoms with Gasteiger partial charge in [-0.2, -0.15) is 0 Å². The molecule has 0 spiro atoms. The van der Waals surface area contributed by atoms with Crippen LogP contribution in [0.15, 0.2) is 54.0 Å². The molecule has 5 N–H and O–H groups in total. The number of rotatable bonds is 7. The number of nitrogens with one attached hydrogen (secondary N) is 5. The summed E-state index contributed by atoms with van der Waals surface area (Å²) in [5, 5.41) is 19.3. The highest BCUT2D eigenvalue weighted by molar-refractivity contribution is 6.11. The number of pyridine rings is 1. The molecule has 0 bridgehead atoms. The van der Waals surface area contributed by atoms with E-state index in [1.165, 1.54) is 13.2 Å². The number of para-hydroxylation sites is 1. The van der Waals surface area contributed by atoms with Gasteiger partial charge in [0.25, 0.3) is 5.91 Å². The Labute approximate surface area is 173 Å². The summed E-state index contributed by atoms with van der Waals surface area (Å²) < 4.78 is 14.5. The van der Waals surface area contributed by atoms with E-state index in [-0.39, 0.29) is 28.8 Å². The number of amides is 3. The average Bonchev–Trinajstić information content (AvgIpc) is 3.56. The van der Waals surface area contributed by atoms with Gasteiger partial charge in [-0.05, 0) is 38.0 Å². The number of nitrogens with zero attached hydrogens (tertiary/aromatic N) is 1. The van der Waals surface area contributed by atoms with Crippen LogP contribution >= 0.6 is 0 Å². The summed E-state index contributed by atoms with van der Waals surface area (Å²) in [5.41, 5.74) is 0.891. The molecule has 3 rings (SSSR count). The standard InChI is InChI=1S/C21H23FN6O2/c1-12(19(28-21(30)24-2)26-14-6-4-3-5-7-14)17(23)13-10-16(22)18(25-11-13)20(29)27-15-8-9-15/h3-7,10-11,15,23,26H,8-9H2,1-2H3,(H,27,29)(H2,24,28,30)/b19-12+,23-17?. The van der Waals surface area contributed by atoms with Gasteiger partial charge >= 0.3 is 6.03 Å². The van der Waals surface area contributed by atoms with Crippen LogP contribution in [-0.4, -0.2) is 35.7 Å². The Kier molecular flexibility index (Phi) is 6.41. The molecule has 3 amide bonds. The summed E-state index contributed by atoms with van der Waals surface area (Å²) in [6, 6.07) is 9.82. The van der Waals surface area contributed by atoms with E-state index in [2.05, 4.69) is 26.3 Å². The molecule has 1 aliphatic carbocycles. The van der Waals surface area contributed by atoms with Crippen LogP contribution in [0.1, 0.15) is 35.8 Å². The van der Waals surface area contributed by atoms with Crippen LogP contribution in [0.2, 0.25) is 0 Å². The molecular formula is C21H23FN6O2. The minimum atomic E-state index is -0.806. The lowest BCUT2D eigenvalue weighted by Crippen LogP contribution is -2.36.